The number of carbonyl (C=O) groups excluding carboxylic acids is 2. The first-order valence-corrected chi connectivity index (χ1v) is 7.52. The zero-order chi connectivity index (χ0) is 17.3. The van der Waals surface area contributed by atoms with Gasteiger partial charge in [-0.3, -0.25) is 4.79 Å². The van der Waals surface area contributed by atoms with E-state index in [1.807, 2.05) is 19.1 Å². The number of fused-ring (bicyclic) bond motifs is 1. The standard InChI is InChI=1S/C17H18N2O5/c1-10-7-11-8-12(3-4-14(11)24-10)18-15-13(17(22)23-2)9-19(5-6-20)16(15)21/h3-4,7-8,18,20H,5-6,9H2,1-2H3. The zero-order valence-corrected chi connectivity index (χ0v) is 13.5. The van der Waals surface area contributed by atoms with Crippen molar-refractivity contribution in [2.45, 2.75) is 6.92 Å². The molecular formula is C17H18N2O5. The molecule has 126 valence electrons. The van der Waals surface area contributed by atoms with E-state index in [0.717, 1.165) is 16.7 Å². The maximum absolute atomic E-state index is 12.5. The van der Waals surface area contributed by atoms with Crippen molar-refractivity contribution in [2.24, 2.45) is 0 Å². The van der Waals surface area contributed by atoms with Crippen LogP contribution in [0.25, 0.3) is 11.0 Å². The Labute approximate surface area is 138 Å². The average Bonchev–Trinajstić information content (AvgIpc) is 3.08. The van der Waals surface area contributed by atoms with Crippen LogP contribution < -0.4 is 5.32 Å². The number of benzene rings is 1. The summed E-state index contributed by atoms with van der Waals surface area (Å²) in [5.74, 6) is -0.109. The van der Waals surface area contributed by atoms with Gasteiger partial charge in [0, 0.05) is 17.6 Å². The van der Waals surface area contributed by atoms with Gasteiger partial charge in [-0.25, -0.2) is 4.79 Å². The molecule has 0 fully saturated rings. The van der Waals surface area contributed by atoms with E-state index in [0.29, 0.717) is 5.69 Å². The number of anilines is 1. The van der Waals surface area contributed by atoms with E-state index in [4.69, 9.17) is 14.3 Å². The number of furan rings is 1. The minimum absolute atomic E-state index is 0.113. The second-order valence-electron chi connectivity index (χ2n) is 5.53. The normalized spacial score (nSPS) is 14.6. The number of nitrogens with zero attached hydrogens (tertiary/aromatic N) is 1. The lowest BCUT2D eigenvalue weighted by Gasteiger charge is -2.15. The predicted octanol–water partition coefficient (Wildman–Crippen LogP) is 1.41. The van der Waals surface area contributed by atoms with Crippen molar-refractivity contribution >= 4 is 28.5 Å². The maximum Gasteiger partial charge on any atom is 0.337 e. The second kappa shape index (κ2) is 6.37. The Hall–Kier alpha value is -2.80. The molecule has 0 radical (unpaired) electrons. The number of β-amino-alcohol motifs (C(OH)–C–C–N with tert-alkyl or cyclic N) is 1. The Balaban J connectivity index is 1.93. The topological polar surface area (TPSA) is 92.0 Å². The molecule has 0 unspecified atom stereocenters. The molecule has 0 bridgehead atoms. The van der Waals surface area contributed by atoms with Crippen LogP contribution in [0.2, 0.25) is 0 Å². The second-order valence-corrected chi connectivity index (χ2v) is 5.53. The lowest BCUT2D eigenvalue weighted by Crippen LogP contribution is -2.31. The molecule has 2 N–H and O–H groups in total. The first kappa shape index (κ1) is 16.1. The van der Waals surface area contributed by atoms with Gasteiger partial charge in [-0.15, -0.1) is 0 Å². The molecular weight excluding hydrogens is 312 g/mol. The van der Waals surface area contributed by atoms with Gasteiger partial charge < -0.3 is 24.5 Å². The number of carbonyl (C=O) groups is 2. The van der Waals surface area contributed by atoms with Gasteiger partial charge >= 0.3 is 5.97 Å². The predicted molar refractivity (Wildman–Crippen MR) is 87.3 cm³/mol. The summed E-state index contributed by atoms with van der Waals surface area (Å²) in [7, 11) is 1.27. The molecule has 0 aliphatic carbocycles. The Kier molecular flexibility index (Phi) is 4.26. The van der Waals surface area contributed by atoms with E-state index in [2.05, 4.69) is 5.32 Å². The molecule has 7 heteroatoms. The summed E-state index contributed by atoms with van der Waals surface area (Å²) >= 11 is 0. The lowest BCUT2D eigenvalue weighted by atomic mass is 10.2. The fraction of sp³-hybridized carbons (Fsp3) is 0.294. The van der Waals surface area contributed by atoms with Gasteiger partial charge in [-0.2, -0.15) is 0 Å². The minimum Gasteiger partial charge on any atom is -0.466 e. The van der Waals surface area contributed by atoms with Crippen LogP contribution >= 0.6 is 0 Å². The number of hydrogen-bond acceptors (Lipinski definition) is 6. The maximum atomic E-state index is 12.5. The van der Waals surface area contributed by atoms with Gasteiger partial charge in [0.2, 0.25) is 0 Å². The fourth-order valence-electron chi connectivity index (χ4n) is 2.75. The van der Waals surface area contributed by atoms with Crippen molar-refractivity contribution in [1.29, 1.82) is 0 Å². The molecule has 0 atom stereocenters. The van der Waals surface area contributed by atoms with Gasteiger partial charge in [0.15, 0.2) is 0 Å². The molecule has 1 amide bonds. The minimum atomic E-state index is -0.563. The summed E-state index contributed by atoms with van der Waals surface area (Å²) in [6.45, 7) is 1.96. The molecule has 1 aromatic carbocycles. The highest BCUT2D eigenvalue weighted by atomic mass is 16.5. The Bertz CT molecular complexity index is 837. The number of amides is 1. The Morgan fingerprint density at radius 3 is 2.92 bits per heavy atom. The third-order valence-electron chi connectivity index (χ3n) is 3.86. The highest BCUT2D eigenvalue weighted by Gasteiger charge is 2.34. The fourth-order valence-corrected chi connectivity index (χ4v) is 2.75. The first-order valence-electron chi connectivity index (χ1n) is 7.52. The van der Waals surface area contributed by atoms with Crippen LogP contribution in [0.15, 0.2) is 40.0 Å². The number of methoxy groups -OCH3 is 1. The molecule has 24 heavy (non-hydrogen) atoms. The number of aryl methyl sites for hydroxylation is 1. The molecule has 2 aromatic rings. The van der Waals surface area contributed by atoms with Crippen LogP contribution in [0.5, 0.6) is 0 Å². The molecule has 0 saturated carbocycles. The summed E-state index contributed by atoms with van der Waals surface area (Å²) in [6.07, 6.45) is 0. The van der Waals surface area contributed by atoms with Gasteiger partial charge in [0.25, 0.3) is 5.91 Å². The van der Waals surface area contributed by atoms with Crippen molar-refractivity contribution in [3.63, 3.8) is 0 Å². The summed E-state index contributed by atoms with van der Waals surface area (Å²) in [6, 6.07) is 7.31. The molecule has 0 saturated heterocycles. The smallest absolute Gasteiger partial charge is 0.337 e. The molecule has 1 aliphatic rings. The van der Waals surface area contributed by atoms with Crippen LogP contribution in [0.4, 0.5) is 5.69 Å². The number of aliphatic hydroxyl groups is 1. The summed E-state index contributed by atoms with van der Waals surface area (Å²) in [4.78, 5) is 25.8. The van der Waals surface area contributed by atoms with Crippen molar-refractivity contribution in [2.75, 3.05) is 32.1 Å². The SMILES string of the molecule is COC(=O)C1=C(Nc2ccc3oc(C)cc3c2)C(=O)N(CCO)C1. The highest BCUT2D eigenvalue weighted by molar-refractivity contribution is 6.08. The Morgan fingerprint density at radius 1 is 1.42 bits per heavy atom. The van der Waals surface area contributed by atoms with Crippen LogP contribution in [0.3, 0.4) is 0 Å². The summed E-state index contributed by atoms with van der Waals surface area (Å²) in [5, 5.41) is 13.0. The van der Waals surface area contributed by atoms with Crippen molar-refractivity contribution in [3.05, 3.63) is 41.3 Å². The van der Waals surface area contributed by atoms with Crippen molar-refractivity contribution in [3.8, 4) is 0 Å². The largest absolute Gasteiger partial charge is 0.466 e. The number of nitrogens with one attached hydrogen (secondary N) is 1. The van der Waals surface area contributed by atoms with E-state index in [1.165, 1.54) is 12.0 Å². The molecule has 1 aliphatic heterocycles. The number of rotatable bonds is 5. The van der Waals surface area contributed by atoms with Crippen LogP contribution in [-0.2, 0) is 14.3 Å². The molecule has 0 spiro atoms. The first-order chi connectivity index (χ1) is 11.5. The third kappa shape index (κ3) is 2.85. The zero-order valence-electron chi connectivity index (χ0n) is 13.5. The van der Waals surface area contributed by atoms with E-state index in [-0.39, 0.29) is 36.9 Å². The quantitative estimate of drug-likeness (QED) is 0.806. The van der Waals surface area contributed by atoms with E-state index >= 15 is 0 Å². The Morgan fingerprint density at radius 2 is 2.21 bits per heavy atom. The molecule has 3 rings (SSSR count). The van der Waals surface area contributed by atoms with Crippen LogP contribution in [-0.4, -0.2) is 48.7 Å². The number of esters is 1. The van der Waals surface area contributed by atoms with Gasteiger partial charge in [0.05, 0.1) is 25.8 Å². The average molecular weight is 330 g/mol. The van der Waals surface area contributed by atoms with Crippen molar-refractivity contribution < 1.29 is 23.8 Å². The highest BCUT2D eigenvalue weighted by Crippen LogP contribution is 2.26. The lowest BCUT2D eigenvalue weighted by molar-refractivity contribution is -0.136. The van der Waals surface area contributed by atoms with E-state index < -0.39 is 5.97 Å². The van der Waals surface area contributed by atoms with Gasteiger partial charge in [0.1, 0.15) is 17.0 Å². The number of aliphatic hydroxyl groups excluding tert-OH is 1. The summed E-state index contributed by atoms with van der Waals surface area (Å²) < 4.78 is 10.3. The van der Waals surface area contributed by atoms with E-state index in [1.54, 1.807) is 12.1 Å². The van der Waals surface area contributed by atoms with E-state index in [9.17, 15) is 9.59 Å². The molecule has 7 nitrogen and oxygen atoms in total. The third-order valence-corrected chi connectivity index (χ3v) is 3.86. The monoisotopic (exact) mass is 330 g/mol. The number of ether oxygens (including phenoxy) is 1. The van der Waals surface area contributed by atoms with Gasteiger partial charge in [-0.1, -0.05) is 0 Å². The van der Waals surface area contributed by atoms with Crippen molar-refractivity contribution in [1.82, 2.24) is 4.90 Å². The molecule has 2 heterocycles. The van der Waals surface area contributed by atoms with Crippen LogP contribution in [0.1, 0.15) is 5.76 Å². The number of hydrogen-bond donors (Lipinski definition) is 2. The van der Waals surface area contributed by atoms with Gasteiger partial charge in [-0.05, 0) is 31.2 Å². The molecule has 1 aromatic heterocycles. The summed E-state index contributed by atoms with van der Waals surface area (Å²) in [5.41, 5.74) is 1.84. The van der Waals surface area contributed by atoms with Crippen LogP contribution in [0, 0.1) is 6.92 Å².